The third kappa shape index (κ3) is 4.62. The van der Waals surface area contributed by atoms with Crippen LogP contribution < -0.4 is 5.32 Å². The molecule has 4 heterocycles. The van der Waals surface area contributed by atoms with E-state index in [4.69, 9.17) is 4.98 Å². The second kappa shape index (κ2) is 9.60. The number of anilines is 1. The monoisotopic (exact) mass is 513 g/mol. The first-order valence-corrected chi connectivity index (χ1v) is 13.3. The summed E-state index contributed by atoms with van der Waals surface area (Å²) >= 11 is 0. The van der Waals surface area contributed by atoms with E-state index in [9.17, 15) is 18.3 Å². The van der Waals surface area contributed by atoms with Crippen molar-refractivity contribution in [3.63, 3.8) is 0 Å². The number of aliphatic hydroxyl groups excluding tert-OH is 1. The lowest BCUT2D eigenvalue weighted by molar-refractivity contribution is -0.0867. The standard InChI is InChI=1S/C28H34F3N5O/c1-17-9-23-22-10-18-3-4-19(18)11-25(22)34-26(23)27(36(17)15-28(30,31)16-37)24-6-5-20(12-32-24)33-21-13-35(14-21)8-2-7-29/h5-6,10-12,17,21,27,33-34,37H,2-4,7-9,13-16H2,1H3/t17-,27-/m1/s1. The minimum Gasteiger partial charge on any atom is -0.390 e. The quantitative estimate of drug-likeness (QED) is 0.403. The number of aryl methyl sites for hydroxylation is 2. The average molecular weight is 514 g/mol. The third-order valence-electron chi connectivity index (χ3n) is 8.24. The highest BCUT2D eigenvalue weighted by molar-refractivity contribution is 5.87. The van der Waals surface area contributed by atoms with Gasteiger partial charge in [0.15, 0.2) is 0 Å². The van der Waals surface area contributed by atoms with Gasteiger partial charge in [-0.05, 0) is 73.6 Å². The lowest BCUT2D eigenvalue weighted by atomic mass is 9.85. The Morgan fingerprint density at radius 3 is 2.65 bits per heavy atom. The number of alkyl halides is 3. The molecule has 0 bridgehead atoms. The zero-order valence-corrected chi connectivity index (χ0v) is 21.1. The lowest BCUT2D eigenvalue weighted by Crippen LogP contribution is -2.54. The van der Waals surface area contributed by atoms with Crippen LogP contribution in [0.15, 0.2) is 30.5 Å². The van der Waals surface area contributed by atoms with Crippen LogP contribution in [0.2, 0.25) is 0 Å². The molecule has 37 heavy (non-hydrogen) atoms. The fourth-order valence-electron chi connectivity index (χ4n) is 6.15. The second-order valence-corrected chi connectivity index (χ2v) is 10.9. The van der Waals surface area contributed by atoms with Crippen LogP contribution >= 0.6 is 0 Å². The number of aliphatic hydroxyl groups is 1. The summed E-state index contributed by atoms with van der Waals surface area (Å²) in [6, 6.07) is 8.02. The number of nitrogens with zero attached hydrogens (tertiary/aromatic N) is 3. The van der Waals surface area contributed by atoms with Gasteiger partial charge in [0.1, 0.15) is 6.61 Å². The fraction of sp³-hybridized carbons (Fsp3) is 0.536. The van der Waals surface area contributed by atoms with Crippen molar-refractivity contribution in [3.05, 3.63) is 58.5 Å². The van der Waals surface area contributed by atoms with Crippen LogP contribution in [0.3, 0.4) is 0 Å². The highest BCUT2D eigenvalue weighted by Crippen LogP contribution is 2.43. The number of fused-ring (bicyclic) bond motifs is 4. The summed E-state index contributed by atoms with van der Waals surface area (Å²) in [6.45, 7) is 2.47. The SMILES string of the molecule is C[C@@H]1Cc2c([nH]c3cc4c(cc23)CC4)[C@@H](c2ccc(NC3CN(CCCF)C3)cn2)N1CC(F)(F)CO. The number of hydrogen-bond acceptors (Lipinski definition) is 5. The van der Waals surface area contributed by atoms with E-state index in [1.54, 1.807) is 11.1 Å². The normalized spacial score (nSPS) is 22.4. The molecule has 2 aromatic heterocycles. The Morgan fingerprint density at radius 1 is 1.19 bits per heavy atom. The van der Waals surface area contributed by atoms with Gasteiger partial charge in [-0.15, -0.1) is 0 Å². The molecule has 0 saturated carbocycles. The van der Waals surface area contributed by atoms with Gasteiger partial charge in [-0.2, -0.15) is 0 Å². The van der Waals surface area contributed by atoms with E-state index >= 15 is 0 Å². The van der Waals surface area contributed by atoms with Crippen molar-refractivity contribution >= 4 is 16.6 Å². The van der Waals surface area contributed by atoms with Crippen molar-refractivity contribution < 1.29 is 18.3 Å². The number of nitrogens with one attached hydrogen (secondary N) is 2. The summed E-state index contributed by atoms with van der Waals surface area (Å²) in [7, 11) is 0. The molecule has 9 heteroatoms. The fourth-order valence-corrected chi connectivity index (χ4v) is 6.15. The zero-order chi connectivity index (χ0) is 25.7. The topological polar surface area (TPSA) is 67.4 Å². The van der Waals surface area contributed by atoms with E-state index < -0.39 is 25.1 Å². The van der Waals surface area contributed by atoms with Crippen LogP contribution in [0.5, 0.6) is 0 Å². The van der Waals surface area contributed by atoms with E-state index in [2.05, 4.69) is 27.3 Å². The maximum Gasteiger partial charge on any atom is 0.283 e. The van der Waals surface area contributed by atoms with Gasteiger partial charge in [-0.1, -0.05) is 0 Å². The third-order valence-corrected chi connectivity index (χ3v) is 8.24. The van der Waals surface area contributed by atoms with Gasteiger partial charge in [0.05, 0.1) is 42.9 Å². The maximum atomic E-state index is 14.5. The molecular weight excluding hydrogens is 479 g/mol. The molecule has 3 aliphatic rings. The Kier molecular flexibility index (Phi) is 6.41. The number of aromatic nitrogens is 2. The summed E-state index contributed by atoms with van der Waals surface area (Å²) in [5.41, 5.74) is 7.46. The van der Waals surface area contributed by atoms with Crippen molar-refractivity contribution in [2.45, 2.75) is 56.7 Å². The van der Waals surface area contributed by atoms with Crippen molar-refractivity contribution in [3.8, 4) is 0 Å². The number of pyridine rings is 1. The van der Waals surface area contributed by atoms with Gasteiger partial charge in [-0.3, -0.25) is 19.2 Å². The Bertz CT molecular complexity index is 1270. The van der Waals surface area contributed by atoms with E-state index in [1.165, 1.54) is 22.1 Å². The molecule has 1 aromatic carbocycles. The molecule has 0 amide bonds. The van der Waals surface area contributed by atoms with Crippen LogP contribution in [-0.4, -0.2) is 82.3 Å². The summed E-state index contributed by atoms with van der Waals surface area (Å²) < 4.78 is 41.4. The van der Waals surface area contributed by atoms with Gasteiger partial charge in [0.2, 0.25) is 0 Å². The summed E-state index contributed by atoms with van der Waals surface area (Å²) in [5, 5.41) is 14.0. The molecule has 2 atom stereocenters. The number of H-pyrrole nitrogens is 1. The average Bonchev–Trinajstić information content (AvgIpc) is 3.19. The highest BCUT2D eigenvalue weighted by Gasteiger charge is 2.42. The van der Waals surface area contributed by atoms with Gasteiger partial charge in [0.25, 0.3) is 5.92 Å². The maximum absolute atomic E-state index is 14.5. The van der Waals surface area contributed by atoms with Gasteiger partial charge >= 0.3 is 0 Å². The van der Waals surface area contributed by atoms with Crippen LogP contribution in [-0.2, 0) is 19.3 Å². The predicted octanol–water partition coefficient (Wildman–Crippen LogP) is 4.08. The van der Waals surface area contributed by atoms with E-state index in [1.807, 2.05) is 19.1 Å². The van der Waals surface area contributed by atoms with Crippen LogP contribution in [0, 0.1) is 0 Å². The summed E-state index contributed by atoms with van der Waals surface area (Å²) in [4.78, 5) is 12.3. The van der Waals surface area contributed by atoms with Gasteiger partial charge in [0, 0.05) is 42.3 Å². The first-order chi connectivity index (χ1) is 17.8. The molecule has 1 aliphatic carbocycles. The van der Waals surface area contributed by atoms with Crippen LogP contribution in [0.1, 0.15) is 47.5 Å². The minimum absolute atomic E-state index is 0.148. The van der Waals surface area contributed by atoms with E-state index in [0.29, 0.717) is 24.6 Å². The number of rotatable bonds is 9. The Hall–Kier alpha value is -2.62. The molecule has 3 N–H and O–H groups in total. The molecule has 198 valence electrons. The Balaban J connectivity index is 1.30. The summed E-state index contributed by atoms with van der Waals surface area (Å²) in [6.07, 6.45) is 5.16. The van der Waals surface area contributed by atoms with Gasteiger partial charge in [-0.25, -0.2) is 8.78 Å². The second-order valence-electron chi connectivity index (χ2n) is 10.9. The summed E-state index contributed by atoms with van der Waals surface area (Å²) in [5.74, 6) is -3.21. The molecule has 1 fully saturated rings. The number of aromatic amines is 1. The number of halogens is 3. The highest BCUT2D eigenvalue weighted by atomic mass is 19.3. The zero-order valence-electron chi connectivity index (χ0n) is 21.1. The molecule has 6 rings (SSSR count). The first kappa shape index (κ1) is 24.7. The van der Waals surface area contributed by atoms with Crippen molar-refractivity contribution in [2.75, 3.05) is 44.8 Å². The Morgan fingerprint density at radius 2 is 1.97 bits per heavy atom. The Labute approximate surface area is 214 Å². The van der Waals surface area contributed by atoms with Crippen LogP contribution in [0.4, 0.5) is 18.9 Å². The van der Waals surface area contributed by atoms with Gasteiger partial charge < -0.3 is 15.4 Å². The van der Waals surface area contributed by atoms with E-state index in [-0.39, 0.29) is 12.7 Å². The molecule has 2 aliphatic heterocycles. The number of benzene rings is 1. The molecule has 1 saturated heterocycles. The molecule has 0 spiro atoms. The molecule has 0 unspecified atom stereocenters. The molecule has 0 radical (unpaired) electrons. The predicted molar refractivity (Wildman–Crippen MR) is 138 cm³/mol. The lowest BCUT2D eigenvalue weighted by Gasteiger charge is -2.42. The molecular formula is C28H34F3N5O. The van der Waals surface area contributed by atoms with Crippen molar-refractivity contribution in [1.29, 1.82) is 0 Å². The smallest absolute Gasteiger partial charge is 0.283 e. The van der Waals surface area contributed by atoms with Crippen LogP contribution in [0.25, 0.3) is 10.9 Å². The van der Waals surface area contributed by atoms with E-state index in [0.717, 1.165) is 49.4 Å². The first-order valence-electron chi connectivity index (χ1n) is 13.3. The number of hydrogen-bond donors (Lipinski definition) is 3. The van der Waals surface area contributed by atoms with Crippen molar-refractivity contribution in [1.82, 2.24) is 19.8 Å². The number of likely N-dealkylation sites (tertiary alicyclic amines) is 1. The largest absolute Gasteiger partial charge is 0.390 e. The molecule has 6 nitrogen and oxygen atoms in total. The van der Waals surface area contributed by atoms with Crippen molar-refractivity contribution in [2.24, 2.45) is 0 Å². The minimum atomic E-state index is -3.21. The molecule has 3 aromatic rings.